The highest BCUT2D eigenvalue weighted by atomic mass is 16.5. The molecule has 1 fully saturated rings. The zero-order valence-electron chi connectivity index (χ0n) is 10.8. The van der Waals surface area contributed by atoms with Crippen LogP contribution in [0.15, 0.2) is 18.2 Å². The normalized spacial score (nSPS) is 21.9. The minimum atomic E-state index is -0.234. The van der Waals surface area contributed by atoms with E-state index in [2.05, 4.69) is 5.32 Å². The molecule has 0 saturated carbocycles. The molecule has 0 bridgehead atoms. The summed E-state index contributed by atoms with van der Waals surface area (Å²) in [5.41, 5.74) is 2.99. The molecule has 2 aliphatic rings. The van der Waals surface area contributed by atoms with Gasteiger partial charge in [0.05, 0.1) is 25.9 Å². The molecule has 1 amide bonds. The molecule has 2 aliphatic heterocycles. The molecule has 0 aliphatic carbocycles. The first-order valence-corrected chi connectivity index (χ1v) is 6.66. The van der Waals surface area contributed by atoms with Crippen LogP contribution in [0.3, 0.4) is 0 Å². The molecule has 0 aromatic heterocycles. The van der Waals surface area contributed by atoms with E-state index in [9.17, 15) is 9.90 Å². The smallest absolute Gasteiger partial charge is 0.254 e. The zero-order valence-corrected chi connectivity index (χ0v) is 10.8. The van der Waals surface area contributed by atoms with Crippen LogP contribution < -0.4 is 5.32 Å². The van der Waals surface area contributed by atoms with Crippen molar-refractivity contribution in [2.24, 2.45) is 0 Å². The molecule has 1 aromatic carbocycles. The number of morpholine rings is 1. The molecule has 1 saturated heterocycles. The molecule has 0 spiro atoms. The van der Waals surface area contributed by atoms with E-state index in [-0.39, 0.29) is 18.6 Å². The third kappa shape index (κ3) is 2.31. The number of aliphatic hydroxyl groups excluding tert-OH is 1. The van der Waals surface area contributed by atoms with Crippen molar-refractivity contribution in [3.05, 3.63) is 29.3 Å². The molecule has 2 heterocycles. The van der Waals surface area contributed by atoms with E-state index in [1.54, 1.807) is 4.90 Å². The molecule has 5 heteroatoms. The molecule has 19 heavy (non-hydrogen) atoms. The second-order valence-electron chi connectivity index (χ2n) is 4.96. The highest BCUT2D eigenvalue weighted by Crippen LogP contribution is 2.24. The van der Waals surface area contributed by atoms with Gasteiger partial charge in [0.15, 0.2) is 0 Å². The fraction of sp³-hybridized carbons (Fsp3) is 0.500. The van der Waals surface area contributed by atoms with Crippen molar-refractivity contribution in [3.8, 4) is 0 Å². The molecular formula is C14H18N2O3. The van der Waals surface area contributed by atoms with Gasteiger partial charge in [-0.3, -0.25) is 4.79 Å². The fourth-order valence-electron chi connectivity index (χ4n) is 2.66. The third-order valence-electron chi connectivity index (χ3n) is 3.77. The fourth-order valence-corrected chi connectivity index (χ4v) is 2.66. The lowest BCUT2D eigenvalue weighted by molar-refractivity contribution is -0.0183. The number of aliphatic hydroxyl groups is 1. The van der Waals surface area contributed by atoms with E-state index in [0.717, 1.165) is 18.7 Å². The second kappa shape index (κ2) is 5.19. The topological polar surface area (TPSA) is 61.8 Å². The molecule has 1 unspecified atom stereocenters. The maximum absolute atomic E-state index is 12.5. The van der Waals surface area contributed by atoms with Gasteiger partial charge in [0.1, 0.15) is 0 Å². The number of nitrogens with one attached hydrogen (secondary N) is 1. The van der Waals surface area contributed by atoms with Crippen molar-refractivity contribution >= 4 is 11.6 Å². The summed E-state index contributed by atoms with van der Waals surface area (Å²) in [4.78, 5) is 14.2. The van der Waals surface area contributed by atoms with Crippen molar-refractivity contribution in [1.82, 2.24) is 4.90 Å². The van der Waals surface area contributed by atoms with Gasteiger partial charge in [-0.2, -0.15) is 0 Å². The molecule has 0 radical (unpaired) electrons. The number of hydrogen-bond donors (Lipinski definition) is 2. The Morgan fingerprint density at radius 1 is 1.53 bits per heavy atom. The molecule has 1 atom stereocenters. The summed E-state index contributed by atoms with van der Waals surface area (Å²) in [6, 6.07) is 5.56. The Labute approximate surface area is 112 Å². The predicted molar refractivity (Wildman–Crippen MR) is 71.4 cm³/mol. The van der Waals surface area contributed by atoms with Gasteiger partial charge in [0, 0.05) is 24.3 Å². The maximum atomic E-state index is 12.5. The van der Waals surface area contributed by atoms with Crippen LogP contribution in [-0.4, -0.2) is 54.9 Å². The van der Waals surface area contributed by atoms with Crippen molar-refractivity contribution in [1.29, 1.82) is 0 Å². The molecule has 3 rings (SSSR count). The van der Waals surface area contributed by atoms with Gasteiger partial charge >= 0.3 is 0 Å². The summed E-state index contributed by atoms with van der Waals surface area (Å²) in [6.07, 6.45) is 1.01. The van der Waals surface area contributed by atoms with Crippen molar-refractivity contribution in [2.75, 3.05) is 38.2 Å². The van der Waals surface area contributed by atoms with Crippen LogP contribution >= 0.6 is 0 Å². The van der Waals surface area contributed by atoms with Crippen molar-refractivity contribution in [2.45, 2.75) is 12.5 Å². The van der Waals surface area contributed by atoms with E-state index in [1.165, 1.54) is 5.56 Å². The van der Waals surface area contributed by atoms with Gasteiger partial charge in [-0.15, -0.1) is 0 Å². The van der Waals surface area contributed by atoms with Gasteiger partial charge in [-0.05, 0) is 24.1 Å². The number of ether oxygens (including phenoxy) is 1. The highest BCUT2D eigenvalue weighted by molar-refractivity contribution is 5.95. The van der Waals surface area contributed by atoms with Crippen LogP contribution in [0.1, 0.15) is 15.9 Å². The SMILES string of the molecule is O=C(c1ccc2c(c1)NCC2)N1CCOCC1CO. The number of rotatable bonds is 2. The summed E-state index contributed by atoms with van der Waals surface area (Å²) in [6.45, 7) is 2.35. The Hall–Kier alpha value is -1.59. The molecule has 5 nitrogen and oxygen atoms in total. The lowest BCUT2D eigenvalue weighted by atomic mass is 10.1. The number of amides is 1. The predicted octanol–water partition coefficient (Wildman–Crippen LogP) is 0.488. The Bertz CT molecular complexity index is 490. The first kappa shape index (κ1) is 12.4. The number of carbonyl (C=O) groups excluding carboxylic acids is 1. The number of benzene rings is 1. The summed E-state index contributed by atoms with van der Waals surface area (Å²) in [5, 5.41) is 12.6. The largest absolute Gasteiger partial charge is 0.394 e. The van der Waals surface area contributed by atoms with Gasteiger partial charge < -0.3 is 20.1 Å². The summed E-state index contributed by atoms with van der Waals surface area (Å²) >= 11 is 0. The monoisotopic (exact) mass is 262 g/mol. The first-order chi connectivity index (χ1) is 9.29. The quantitative estimate of drug-likeness (QED) is 0.814. The van der Waals surface area contributed by atoms with Crippen LogP contribution in [0.25, 0.3) is 0 Å². The summed E-state index contributed by atoms with van der Waals surface area (Å²) in [5.74, 6) is -0.0288. The maximum Gasteiger partial charge on any atom is 0.254 e. The van der Waals surface area contributed by atoms with Crippen LogP contribution in [0.4, 0.5) is 5.69 Å². The average molecular weight is 262 g/mol. The number of hydrogen-bond acceptors (Lipinski definition) is 4. The van der Waals surface area contributed by atoms with Crippen LogP contribution in [0.2, 0.25) is 0 Å². The number of fused-ring (bicyclic) bond motifs is 1. The van der Waals surface area contributed by atoms with Crippen LogP contribution in [0.5, 0.6) is 0 Å². The Morgan fingerprint density at radius 2 is 2.42 bits per heavy atom. The minimum absolute atomic E-state index is 0.0288. The first-order valence-electron chi connectivity index (χ1n) is 6.66. The Morgan fingerprint density at radius 3 is 3.26 bits per heavy atom. The van der Waals surface area contributed by atoms with Crippen molar-refractivity contribution in [3.63, 3.8) is 0 Å². The van der Waals surface area contributed by atoms with Gasteiger partial charge in [-0.1, -0.05) is 6.07 Å². The van der Waals surface area contributed by atoms with Gasteiger partial charge in [0.2, 0.25) is 0 Å². The van der Waals surface area contributed by atoms with Gasteiger partial charge in [0.25, 0.3) is 5.91 Å². The highest BCUT2D eigenvalue weighted by Gasteiger charge is 2.28. The van der Waals surface area contributed by atoms with E-state index in [1.807, 2.05) is 18.2 Å². The van der Waals surface area contributed by atoms with Crippen molar-refractivity contribution < 1.29 is 14.6 Å². The standard InChI is InChI=1S/C14H18N2O3/c17-8-12-9-19-6-5-16(12)14(18)11-2-1-10-3-4-15-13(10)7-11/h1-2,7,12,15,17H,3-6,8-9H2. The Balaban J connectivity index is 1.82. The summed E-state index contributed by atoms with van der Waals surface area (Å²) in [7, 11) is 0. The second-order valence-corrected chi connectivity index (χ2v) is 4.96. The molecule has 2 N–H and O–H groups in total. The lowest BCUT2D eigenvalue weighted by Crippen LogP contribution is -2.50. The minimum Gasteiger partial charge on any atom is -0.394 e. The lowest BCUT2D eigenvalue weighted by Gasteiger charge is -2.34. The zero-order chi connectivity index (χ0) is 13.2. The number of carbonyl (C=O) groups is 1. The van der Waals surface area contributed by atoms with E-state index < -0.39 is 0 Å². The molecule has 102 valence electrons. The van der Waals surface area contributed by atoms with E-state index in [4.69, 9.17) is 4.74 Å². The summed E-state index contributed by atoms with van der Waals surface area (Å²) < 4.78 is 5.30. The Kier molecular flexibility index (Phi) is 3.40. The van der Waals surface area contributed by atoms with Gasteiger partial charge in [-0.25, -0.2) is 0 Å². The van der Waals surface area contributed by atoms with E-state index >= 15 is 0 Å². The third-order valence-corrected chi connectivity index (χ3v) is 3.77. The molecule has 1 aromatic rings. The van der Waals surface area contributed by atoms with Crippen LogP contribution in [-0.2, 0) is 11.2 Å². The van der Waals surface area contributed by atoms with E-state index in [0.29, 0.717) is 25.3 Å². The molecular weight excluding hydrogens is 244 g/mol. The average Bonchev–Trinajstić information content (AvgIpc) is 2.93. The van der Waals surface area contributed by atoms with Crippen LogP contribution in [0, 0.1) is 0 Å². The number of anilines is 1. The number of nitrogens with zero attached hydrogens (tertiary/aromatic N) is 1.